The van der Waals surface area contributed by atoms with Crippen LogP contribution in [0.5, 0.6) is 0 Å². The minimum absolute atomic E-state index is 0.0688. The Balaban J connectivity index is 0.982. The number of carbonyl (C=O) groups is 5. The van der Waals surface area contributed by atoms with Gasteiger partial charge in [0.2, 0.25) is 17.7 Å². The van der Waals surface area contributed by atoms with E-state index in [2.05, 4.69) is 15.7 Å². The number of hydrogen-bond acceptors (Lipinski definition) is 8. The zero-order valence-corrected chi connectivity index (χ0v) is 21.9. The zero-order valence-electron chi connectivity index (χ0n) is 21.9. The molecule has 5 amide bonds. The van der Waals surface area contributed by atoms with Gasteiger partial charge in [0.1, 0.15) is 6.04 Å². The van der Waals surface area contributed by atoms with Crippen LogP contribution in [0.15, 0.2) is 30.6 Å². The summed E-state index contributed by atoms with van der Waals surface area (Å²) in [6.07, 6.45) is 7.32. The third kappa shape index (κ3) is 3.76. The van der Waals surface area contributed by atoms with Gasteiger partial charge >= 0.3 is 0 Å². The standard InChI is InChI=1S/C28H30N6O6/c35-21-5-4-20(23(36)31-21)34-24(37)18-2-1-3-19(22(18)25(34)38)29-10-16-11-30-33(12-16)17-6-8-32(9-7-17)26(39)27-13-28(40,14-27)15-27/h1-3,11-12,17,20,29,40H,4-10,13-15H2,(H,31,35,36). The lowest BCUT2D eigenvalue weighted by Gasteiger charge is -2.67. The lowest BCUT2D eigenvalue weighted by molar-refractivity contribution is -0.256. The Labute approximate surface area is 229 Å². The van der Waals surface area contributed by atoms with Crippen LogP contribution in [-0.2, 0) is 20.9 Å². The third-order valence-corrected chi connectivity index (χ3v) is 9.19. The fourth-order valence-electron chi connectivity index (χ4n) is 7.16. The van der Waals surface area contributed by atoms with Gasteiger partial charge < -0.3 is 15.3 Å². The van der Waals surface area contributed by atoms with Crippen LogP contribution in [0.4, 0.5) is 5.69 Å². The maximum atomic E-state index is 13.3. The fraction of sp³-hybridized carbons (Fsp3) is 0.500. The minimum atomic E-state index is -1.01. The van der Waals surface area contributed by atoms with Gasteiger partial charge in [-0.3, -0.25) is 38.9 Å². The molecule has 4 heterocycles. The first kappa shape index (κ1) is 24.9. The summed E-state index contributed by atoms with van der Waals surface area (Å²) >= 11 is 0. The molecule has 208 valence electrons. The third-order valence-electron chi connectivity index (χ3n) is 9.19. The van der Waals surface area contributed by atoms with Gasteiger partial charge in [-0.2, -0.15) is 5.10 Å². The molecule has 12 nitrogen and oxygen atoms in total. The summed E-state index contributed by atoms with van der Waals surface area (Å²) in [5, 5.41) is 20.0. The van der Waals surface area contributed by atoms with Gasteiger partial charge in [0.25, 0.3) is 11.8 Å². The van der Waals surface area contributed by atoms with Crippen LogP contribution in [0.3, 0.4) is 0 Å². The van der Waals surface area contributed by atoms with E-state index in [4.69, 9.17) is 0 Å². The summed E-state index contributed by atoms with van der Waals surface area (Å²) in [5.74, 6) is -1.96. The number of fused-ring (bicyclic) bond motifs is 1. The van der Waals surface area contributed by atoms with E-state index >= 15 is 0 Å². The lowest BCUT2D eigenvalue weighted by atomic mass is 9.41. The molecular formula is C28H30N6O6. The number of likely N-dealkylation sites (tertiary alicyclic amines) is 1. The predicted molar refractivity (Wildman–Crippen MR) is 139 cm³/mol. The van der Waals surface area contributed by atoms with Crippen molar-refractivity contribution in [3.05, 3.63) is 47.3 Å². The molecule has 5 fully saturated rings. The molecule has 2 aromatic rings. The number of anilines is 1. The molecule has 1 atom stereocenters. The van der Waals surface area contributed by atoms with Crippen LogP contribution in [0.25, 0.3) is 0 Å². The van der Waals surface area contributed by atoms with Gasteiger partial charge in [-0.1, -0.05) is 6.07 Å². The highest BCUT2D eigenvalue weighted by molar-refractivity contribution is 6.25. The van der Waals surface area contributed by atoms with E-state index < -0.39 is 35.3 Å². The van der Waals surface area contributed by atoms with Crippen molar-refractivity contribution < 1.29 is 29.1 Å². The van der Waals surface area contributed by atoms with Crippen molar-refractivity contribution in [2.75, 3.05) is 18.4 Å². The summed E-state index contributed by atoms with van der Waals surface area (Å²) < 4.78 is 1.93. The molecule has 3 saturated carbocycles. The smallest absolute Gasteiger partial charge is 0.264 e. The SMILES string of the molecule is O=C1CCC(N2C(=O)c3cccc(NCc4cnn(C5CCN(C(=O)C67CC(O)(C6)C7)CC5)c4)c3C2=O)C(=O)N1. The van der Waals surface area contributed by atoms with E-state index in [-0.39, 0.29) is 41.3 Å². The van der Waals surface area contributed by atoms with Crippen LogP contribution < -0.4 is 10.6 Å². The number of nitrogens with one attached hydrogen (secondary N) is 2. The van der Waals surface area contributed by atoms with Gasteiger partial charge in [-0.25, -0.2) is 0 Å². The van der Waals surface area contributed by atoms with E-state index in [0.29, 0.717) is 44.6 Å². The van der Waals surface area contributed by atoms with Crippen LogP contribution in [0.1, 0.15) is 77.3 Å². The van der Waals surface area contributed by atoms with Gasteiger partial charge in [0, 0.05) is 43.5 Å². The summed E-state index contributed by atoms with van der Waals surface area (Å²) in [6, 6.07) is 4.14. The molecule has 0 radical (unpaired) electrons. The normalized spacial score (nSPS) is 29.6. The van der Waals surface area contributed by atoms with E-state index in [1.54, 1.807) is 24.4 Å². The summed E-state index contributed by atoms with van der Waals surface area (Å²) in [6.45, 7) is 1.72. The van der Waals surface area contributed by atoms with Crippen molar-refractivity contribution in [3.8, 4) is 0 Å². The highest BCUT2D eigenvalue weighted by atomic mass is 16.3. The molecule has 3 aliphatic carbocycles. The molecule has 8 rings (SSSR count). The fourth-order valence-corrected chi connectivity index (χ4v) is 7.16. The monoisotopic (exact) mass is 546 g/mol. The van der Waals surface area contributed by atoms with E-state index in [0.717, 1.165) is 23.3 Å². The number of imide groups is 2. The number of piperidine rings is 2. The highest BCUT2D eigenvalue weighted by Crippen LogP contribution is 2.67. The summed E-state index contributed by atoms with van der Waals surface area (Å²) in [4.78, 5) is 66.1. The second-order valence-electron chi connectivity index (χ2n) is 11.9. The van der Waals surface area contributed by atoms with Crippen LogP contribution >= 0.6 is 0 Å². The molecule has 0 spiro atoms. The first-order valence-electron chi connectivity index (χ1n) is 13.8. The molecule has 1 unspecified atom stereocenters. The molecular weight excluding hydrogens is 516 g/mol. The van der Waals surface area contributed by atoms with Crippen molar-refractivity contribution in [1.29, 1.82) is 0 Å². The maximum Gasteiger partial charge on any atom is 0.264 e. The number of nitrogens with zero attached hydrogens (tertiary/aromatic N) is 4. The summed E-state index contributed by atoms with van der Waals surface area (Å²) in [7, 11) is 0. The predicted octanol–water partition coefficient (Wildman–Crippen LogP) is 0.975. The van der Waals surface area contributed by atoms with E-state index in [9.17, 15) is 29.1 Å². The molecule has 2 bridgehead atoms. The van der Waals surface area contributed by atoms with Crippen molar-refractivity contribution in [2.24, 2.45) is 5.41 Å². The second-order valence-corrected chi connectivity index (χ2v) is 11.9. The number of carbonyl (C=O) groups excluding carboxylic acids is 5. The zero-order chi connectivity index (χ0) is 27.8. The molecule has 1 aromatic heterocycles. The number of aromatic nitrogens is 2. The second kappa shape index (κ2) is 8.72. The largest absolute Gasteiger partial charge is 0.390 e. The Morgan fingerprint density at radius 1 is 1.07 bits per heavy atom. The molecule has 3 aliphatic heterocycles. The van der Waals surface area contributed by atoms with E-state index in [1.807, 2.05) is 15.8 Å². The summed E-state index contributed by atoms with van der Waals surface area (Å²) in [5.41, 5.74) is 0.945. The molecule has 1 aromatic carbocycles. The average molecular weight is 547 g/mol. The molecule has 12 heteroatoms. The molecule has 40 heavy (non-hydrogen) atoms. The lowest BCUT2D eigenvalue weighted by Crippen LogP contribution is -2.72. The number of amides is 5. The minimum Gasteiger partial charge on any atom is -0.390 e. The van der Waals surface area contributed by atoms with Crippen molar-refractivity contribution in [1.82, 2.24) is 24.9 Å². The first-order chi connectivity index (χ1) is 19.2. The molecule has 3 N–H and O–H groups in total. The number of rotatable bonds is 6. The van der Waals surface area contributed by atoms with Crippen molar-refractivity contribution >= 4 is 35.2 Å². The first-order valence-corrected chi connectivity index (χ1v) is 13.8. The molecule has 2 saturated heterocycles. The van der Waals surface area contributed by atoms with Crippen molar-refractivity contribution in [2.45, 2.75) is 69.2 Å². The Kier molecular flexibility index (Phi) is 5.44. The van der Waals surface area contributed by atoms with Gasteiger partial charge in [-0.15, -0.1) is 0 Å². The van der Waals surface area contributed by atoms with Crippen LogP contribution in [0, 0.1) is 5.41 Å². The van der Waals surface area contributed by atoms with Gasteiger partial charge in [0.15, 0.2) is 0 Å². The van der Waals surface area contributed by atoms with Gasteiger partial charge in [0.05, 0.1) is 34.4 Å². The van der Waals surface area contributed by atoms with Crippen molar-refractivity contribution in [3.63, 3.8) is 0 Å². The number of hydrogen-bond donors (Lipinski definition) is 3. The quantitative estimate of drug-likeness (QED) is 0.453. The highest BCUT2D eigenvalue weighted by Gasteiger charge is 2.71. The number of benzene rings is 1. The average Bonchev–Trinajstić information content (AvgIpc) is 3.48. The Morgan fingerprint density at radius 2 is 1.82 bits per heavy atom. The molecule has 6 aliphatic rings. The Bertz CT molecular complexity index is 1450. The topological polar surface area (TPSA) is 154 Å². The maximum absolute atomic E-state index is 13.3. The number of aliphatic hydroxyl groups is 1. The van der Waals surface area contributed by atoms with Gasteiger partial charge in [-0.05, 0) is 50.7 Å². The van der Waals surface area contributed by atoms with Crippen LogP contribution in [-0.4, -0.2) is 79.0 Å². The van der Waals surface area contributed by atoms with Crippen LogP contribution in [0.2, 0.25) is 0 Å². The Morgan fingerprint density at radius 3 is 2.52 bits per heavy atom. The Hall–Kier alpha value is -4.06. The van der Waals surface area contributed by atoms with E-state index in [1.165, 1.54) is 0 Å².